The fourth-order valence-electron chi connectivity index (χ4n) is 1.73. The molecule has 2 rings (SSSR count). The molecular formula is C13H18N4O2S. The largest absolute Gasteiger partial charge is 0.249 e. The summed E-state index contributed by atoms with van der Waals surface area (Å²) in [4.78, 5) is 4.13. The average molecular weight is 294 g/mol. The number of hydrogen-bond donors (Lipinski definition) is 1. The highest BCUT2D eigenvalue weighted by atomic mass is 32.2. The lowest BCUT2D eigenvalue weighted by atomic mass is 10.1. The van der Waals surface area contributed by atoms with Gasteiger partial charge in [0.2, 0.25) is 10.0 Å². The first kappa shape index (κ1) is 14.7. The second-order valence-electron chi connectivity index (χ2n) is 4.82. The highest BCUT2D eigenvalue weighted by molar-refractivity contribution is 7.89. The molecule has 0 saturated carbocycles. The molecule has 7 heteroatoms. The summed E-state index contributed by atoms with van der Waals surface area (Å²) in [6.07, 6.45) is 2.99. The molecular weight excluding hydrogens is 276 g/mol. The van der Waals surface area contributed by atoms with Gasteiger partial charge in [-0.15, -0.1) is 0 Å². The first-order chi connectivity index (χ1) is 9.40. The molecule has 0 fully saturated rings. The highest BCUT2D eigenvalue weighted by Crippen LogP contribution is 2.15. The molecule has 1 N–H and O–H groups in total. The minimum atomic E-state index is -3.50. The topological polar surface area (TPSA) is 76.9 Å². The van der Waals surface area contributed by atoms with E-state index in [1.54, 1.807) is 23.1 Å². The van der Waals surface area contributed by atoms with E-state index in [1.807, 2.05) is 26.8 Å². The number of sulfonamides is 1. The van der Waals surface area contributed by atoms with E-state index in [1.165, 1.54) is 6.33 Å². The van der Waals surface area contributed by atoms with Crippen molar-refractivity contribution in [1.82, 2.24) is 19.5 Å². The van der Waals surface area contributed by atoms with Gasteiger partial charge < -0.3 is 0 Å². The maximum atomic E-state index is 12.2. The van der Waals surface area contributed by atoms with E-state index in [-0.39, 0.29) is 17.5 Å². The molecule has 1 heterocycles. The van der Waals surface area contributed by atoms with Crippen molar-refractivity contribution in [2.24, 2.45) is 0 Å². The Morgan fingerprint density at radius 2 is 2.05 bits per heavy atom. The molecule has 0 unspecified atom stereocenters. The van der Waals surface area contributed by atoms with Crippen molar-refractivity contribution in [3.05, 3.63) is 42.0 Å². The molecule has 0 amide bonds. The maximum Gasteiger partial charge on any atom is 0.240 e. The van der Waals surface area contributed by atoms with Crippen molar-refractivity contribution in [2.45, 2.75) is 31.7 Å². The van der Waals surface area contributed by atoms with E-state index in [4.69, 9.17) is 0 Å². The van der Waals surface area contributed by atoms with Gasteiger partial charge in [-0.3, -0.25) is 0 Å². The van der Waals surface area contributed by atoms with Crippen LogP contribution in [0, 0.1) is 13.8 Å². The molecule has 1 aromatic carbocycles. The second-order valence-corrected chi connectivity index (χ2v) is 6.59. The third-order valence-electron chi connectivity index (χ3n) is 3.25. The van der Waals surface area contributed by atoms with Crippen molar-refractivity contribution in [3.8, 4) is 0 Å². The summed E-state index contributed by atoms with van der Waals surface area (Å²) in [5.74, 6) is 0. The van der Waals surface area contributed by atoms with Crippen LogP contribution in [0.25, 0.3) is 0 Å². The van der Waals surface area contributed by atoms with Gasteiger partial charge in [0.1, 0.15) is 12.7 Å². The van der Waals surface area contributed by atoms with E-state index >= 15 is 0 Å². The number of nitrogens with one attached hydrogen (secondary N) is 1. The number of benzene rings is 1. The highest BCUT2D eigenvalue weighted by Gasteiger charge is 2.16. The van der Waals surface area contributed by atoms with Crippen LogP contribution in [0.4, 0.5) is 0 Å². The molecule has 0 bridgehead atoms. The third-order valence-corrected chi connectivity index (χ3v) is 4.67. The Kier molecular flexibility index (Phi) is 4.20. The summed E-state index contributed by atoms with van der Waals surface area (Å²) in [5.41, 5.74) is 2.03. The molecule has 1 atom stereocenters. The van der Waals surface area contributed by atoms with Crippen LogP contribution >= 0.6 is 0 Å². The van der Waals surface area contributed by atoms with Crippen molar-refractivity contribution >= 4 is 10.0 Å². The number of hydrogen-bond acceptors (Lipinski definition) is 4. The molecule has 0 aliphatic heterocycles. The van der Waals surface area contributed by atoms with Crippen LogP contribution in [-0.4, -0.2) is 29.7 Å². The van der Waals surface area contributed by atoms with Crippen LogP contribution in [0.2, 0.25) is 0 Å². The van der Waals surface area contributed by atoms with E-state index in [0.29, 0.717) is 0 Å². The number of aryl methyl sites for hydroxylation is 2. The lowest BCUT2D eigenvalue weighted by Crippen LogP contribution is -2.30. The minimum Gasteiger partial charge on any atom is -0.249 e. The lowest BCUT2D eigenvalue weighted by Gasteiger charge is -2.13. The zero-order chi connectivity index (χ0) is 14.8. The maximum absolute atomic E-state index is 12.2. The molecule has 0 radical (unpaired) electrons. The fraction of sp³-hybridized carbons (Fsp3) is 0.385. The van der Waals surface area contributed by atoms with E-state index in [9.17, 15) is 8.42 Å². The van der Waals surface area contributed by atoms with Crippen LogP contribution in [-0.2, 0) is 10.0 Å². The Morgan fingerprint density at radius 3 is 2.65 bits per heavy atom. The van der Waals surface area contributed by atoms with Gasteiger partial charge in [-0.05, 0) is 44.0 Å². The summed E-state index contributed by atoms with van der Waals surface area (Å²) in [6, 6.07) is 5.01. The van der Waals surface area contributed by atoms with Crippen LogP contribution in [0.5, 0.6) is 0 Å². The van der Waals surface area contributed by atoms with Crippen LogP contribution < -0.4 is 4.72 Å². The zero-order valence-corrected chi connectivity index (χ0v) is 12.6. The second kappa shape index (κ2) is 5.72. The van der Waals surface area contributed by atoms with Crippen molar-refractivity contribution in [2.75, 3.05) is 6.54 Å². The van der Waals surface area contributed by atoms with Gasteiger partial charge >= 0.3 is 0 Å². The summed E-state index contributed by atoms with van der Waals surface area (Å²) < 4.78 is 28.6. The summed E-state index contributed by atoms with van der Waals surface area (Å²) in [6.45, 7) is 5.98. The molecule has 6 nitrogen and oxygen atoms in total. The zero-order valence-electron chi connectivity index (χ0n) is 11.7. The average Bonchev–Trinajstić information content (AvgIpc) is 2.93. The Bertz CT molecular complexity index is 680. The van der Waals surface area contributed by atoms with Crippen molar-refractivity contribution < 1.29 is 8.42 Å². The van der Waals surface area contributed by atoms with Gasteiger partial charge in [0.15, 0.2) is 0 Å². The minimum absolute atomic E-state index is 0.0983. The molecule has 108 valence electrons. The van der Waals surface area contributed by atoms with Gasteiger partial charge in [0.05, 0.1) is 10.9 Å². The SMILES string of the molecule is Cc1ccc(S(=O)(=O)NC[C@H](C)n2cncn2)cc1C. The molecule has 0 saturated heterocycles. The predicted octanol–water partition coefficient (Wildman–Crippen LogP) is 1.43. The predicted molar refractivity (Wildman–Crippen MR) is 75.8 cm³/mol. The summed E-state index contributed by atoms with van der Waals surface area (Å²) >= 11 is 0. The molecule has 1 aromatic heterocycles. The van der Waals surface area contributed by atoms with Crippen LogP contribution in [0.1, 0.15) is 24.1 Å². The normalized spacial score (nSPS) is 13.3. The van der Waals surface area contributed by atoms with Gasteiger partial charge in [0, 0.05) is 6.54 Å². The van der Waals surface area contributed by atoms with Gasteiger partial charge in [-0.2, -0.15) is 5.10 Å². The first-order valence-electron chi connectivity index (χ1n) is 6.31. The Balaban J connectivity index is 2.09. The van der Waals surface area contributed by atoms with Gasteiger partial charge in [-0.25, -0.2) is 22.8 Å². The van der Waals surface area contributed by atoms with Gasteiger partial charge in [-0.1, -0.05) is 6.07 Å². The van der Waals surface area contributed by atoms with E-state index < -0.39 is 10.0 Å². The molecule has 20 heavy (non-hydrogen) atoms. The van der Waals surface area contributed by atoms with Crippen molar-refractivity contribution in [1.29, 1.82) is 0 Å². The first-order valence-corrected chi connectivity index (χ1v) is 7.79. The quantitative estimate of drug-likeness (QED) is 0.905. The Labute approximate surface area is 118 Å². The van der Waals surface area contributed by atoms with E-state index in [0.717, 1.165) is 11.1 Å². The Hall–Kier alpha value is -1.73. The third kappa shape index (κ3) is 3.23. The number of rotatable bonds is 5. The van der Waals surface area contributed by atoms with E-state index in [2.05, 4.69) is 14.8 Å². The fourth-order valence-corrected chi connectivity index (χ4v) is 2.94. The van der Waals surface area contributed by atoms with Crippen molar-refractivity contribution in [3.63, 3.8) is 0 Å². The van der Waals surface area contributed by atoms with Gasteiger partial charge in [0.25, 0.3) is 0 Å². The number of nitrogens with zero attached hydrogens (tertiary/aromatic N) is 3. The Morgan fingerprint density at radius 1 is 1.30 bits per heavy atom. The number of aromatic nitrogens is 3. The van der Waals surface area contributed by atoms with Crippen LogP contribution in [0.3, 0.4) is 0 Å². The smallest absolute Gasteiger partial charge is 0.240 e. The monoisotopic (exact) mass is 294 g/mol. The lowest BCUT2D eigenvalue weighted by molar-refractivity contribution is 0.478. The van der Waals surface area contributed by atoms with Crippen LogP contribution in [0.15, 0.2) is 35.7 Å². The molecule has 2 aromatic rings. The molecule has 0 aliphatic carbocycles. The standard InChI is InChI=1S/C13H18N4O2S/c1-10-4-5-13(6-11(10)2)20(18,19)16-7-12(3)17-9-14-8-15-17/h4-6,8-9,12,16H,7H2,1-3H3/t12-/m0/s1. The summed E-state index contributed by atoms with van der Waals surface area (Å²) in [5, 5.41) is 3.99. The molecule has 0 aliphatic rings. The summed E-state index contributed by atoms with van der Waals surface area (Å²) in [7, 11) is -3.50. The molecule has 0 spiro atoms.